The zero-order valence-electron chi connectivity index (χ0n) is 10.2. The monoisotopic (exact) mass is 351 g/mol. The molecular formula is C15H14INO. The zero-order chi connectivity index (χ0) is 11.8. The molecule has 0 radical (unpaired) electrons. The van der Waals surface area contributed by atoms with Gasteiger partial charge in [-0.2, -0.15) is 4.57 Å². The highest BCUT2D eigenvalue weighted by Gasteiger charge is 2.19. The van der Waals surface area contributed by atoms with Gasteiger partial charge in [-0.1, -0.05) is 30.8 Å². The molecule has 18 heavy (non-hydrogen) atoms. The van der Waals surface area contributed by atoms with Gasteiger partial charge in [-0.3, -0.25) is 0 Å². The third kappa shape index (κ3) is 1.92. The van der Waals surface area contributed by atoms with E-state index >= 15 is 0 Å². The lowest BCUT2D eigenvalue weighted by Crippen LogP contribution is -3.00. The molecule has 0 atom stereocenters. The summed E-state index contributed by atoms with van der Waals surface area (Å²) in [7, 11) is 0. The summed E-state index contributed by atoms with van der Waals surface area (Å²) < 4.78 is 7.93. The van der Waals surface area contributed by atoms with Crippen LogP contribution in [0.4, 0.5) is 0 Å². The molecule has 0 amide bonds. The van der Waals surface area contributed by atoms with Gasteiger partial charge in [0.15, 0.2) is 6.54 Å². The predicted molar refractivity (Wildman–Crippen MR) is 68.8 cm³/mol. The summed E-state index contributed by atoms with van der Waals surface area (Å²) in [5.41, 5.74) is 2.09. The van der Waals surface area contributed by atoms with E-state index in [2.05, 4.69) is 41.5 Å². The number of halogens is 1. The number of oxazole rings is 1. The number of hydrogen-bond acceptors (Lipinski definition) is 1. The topological polar surface area (TPSA) is 17.0 Å². The molecule has 0 saturated heterocycles. The number of nitrogens with zero attached hydrogens (tertiary/aromatic N) is 1. The first-order chi connectivity index (χ1) is 8.31. The maximum Gasteiger partial charge on any atom is 0.345 e. The minimum absolute atomic E-state index is 0. The van der Waals surface area contributed by atoms with Crippen LogP contribution in [0.3, 0.4) is 0 Å². The SMILES string of the molecule is C=CC[n+]1c(C)oc2ccc3ccccc3c21.[I-]. The largest absolute Gasteiger partial charge is 1.00 e. The van der Waals surface area contributed by atoms with Crippen LogP contribution < -0.4 is 28.5 Å². The Bertz CT molecular complexity index is 715. The summed E-state index contributed by atoms with van der Waals surface area (Å²) >= 11 is 0. The number of hydrogen-bond donors (Lipinski definition) is 0. The summed E-state index contributed by atoms with van der Waals surface area (Å²) in [6.45, 7) is 6.56. The molecule has 92 valence electrons. The van der Waals surface area contributed by atoms with Gasteiger partial charge >= 0.3 is 5.89 Å². The summed E-state index contributed by atoms with van der Waals surface area (Å²) in [6.07, 6.45) is 1.89. The fourth-order valence-corrected chi connectivity index (χ4v) is 2.32. The molecular weight excluding hydrogens is 337 g/mol. The highest BCUT2D eigenvalue weighted by Crippen LogP contribution is 2.24. The Morgan fingerprint density at radius 3 is 2.78 bits per heavy atom. The van der Waals surface area contributed by atoms with E-state index in [1.54, 1.807) is 0 Å². The second-order valence-electron chi connectivity index (χ2n) is 4.15. The van der Waals surface area contributed by atoms with E-state index in [9.17, 15) is 0 Å². The van der Waals surface area contributed by atoms with Crippen molar-refractivity contribution in [2.24, 2.45) is 0 Å². The number of fused-ring (bicyclic) bond motifs is 3. The van der Waals surface area contributed by atoms with E-state index in [4.69, 9.17) is 4.42 Å². The first-order valence-corrected chi connectivity index (χ1v) is 5.73. The van der Waals surface area contributed by atoms with Gasteiger partial charge in [-0.15, -0.1) is 0 Å². The summed E-state index contributed by atoms with van der Waals surface area (Å²) in [5.74, 6) is 0.913. The molecule has 0 aliphatic rings. The molecule has 1 aromatic heterocycles. The highest BCUT2D eigenvalue weighted by molar-refractivity contribution is 6.01. The Morgan fingerprint density at radius 2 is 2.00 bits per heavy atom. The van der Waals surface area contributed by atoms with E-state index < -0.39 is 0 Å². The van der Waals surface area contributed by atoms with Crippen molar-refractivity contribution < 1.29 is 33.0 Å². The minimum Gasteiger partial charge on any atom is -1.00 e. The number of aryl methyl sites for hydroxylation is 1. The van der Waals surface area contributed by atoms with Crippen molar-refractivity contribution in [3.63, 3.8) is 0 Å². The van der Waals surface area contributed by atoms with E-state index in [-0.39, 0.29) is 24.0 Å². The fraction of sp³-hybridized carbons (Fsp3) is 0.133. The Hall–Kier alpha value is -1.36. The lowest BCUT2D eigenvalue weighted by Gasteiger charge is -1.96. The minimum atomic E-state index is 0. The van der Waals surface area contributed by atoms with Crippen LogP contribution in [0.25, 0.3) is 21.9 Å². The van der Waals surface area contributed by atoms with E-state index in [1.165, 1.54) is 10.8 Å². The van der Waals surface area contributed by atoms with Crippen molar-refractivity contribution >= 4 is 21.9 Å². The second-order valence-corrected chi connectivity index (χ2v) is 4.15. The van der Waals surface area contributed by atoms with Crippen molar-refractivity contribution in [3.05, 3.63) is 54.9 Å². The van der Waals surface area contributed by atoms with Gasteiger partial charge in [0.05, 0.1) is 12.3 Å². The van der Waals surface area contributed by atoms with Crippen LogP contribution in [-0.4, -0.2) is 0 Å². The summed E-state index contributed by atoms with van der Waals surface area (Å²) in [5, 5.41) is 2.46. The Morgan fingerprint density at radius 1 is 1.22 bits per heavy atom. The van der Waals surface area contributed by atoms with Gasteiger partial charge in [-0.25, -0.2) is 0 Å². The molecule has 0 saturated carbocycles. The molecule has 0 unspecified atom stereocenters. The van der Waals surface area contributed by atoms with Crippen LogP contribution in [0.5, 0.6) is 0 Å². The summed E-state index contributed by atoms with van der Waals surface area (Å²) in [4.78, 5) is 0. The van der Waals surface area contributed by atoms with Crippen molar-refractivity contribution in [1.82, 2.24) is 0 Å². The molecule has 3 rings (SSSR count). The van der Waals surface area contributed by atoms with Crippen LogP contribution in [0.2, 0.25) is 0 Å². The number of benzene rings is 2. The lowest BCUT2D eigenvalue weighted by molar-refractivity contribution is -0.671. The average molecular weight is 351 g/mol. The molecule has 2 aromatic carbocycles. The lowest BCUT2D eigenvalue weighted by atomic mass is 10.1. The summed E-state index contributed by atoms with van der Waals surface area (Å²) in [6, 6.07) is 12.5. The second kappa shape index (κ2) is 5.10. The van der Waals surface area contributed by atoms with Gasteiger partial charge in [0.2, 0.25) is 5.58 Å². The standard InChI is InChI=1S/C15H14NO.HI/c1-3-10-16-11(2)17-14-9-8-12-6-4-5-7-13(12)15(14)16;/h3-9H,1,10H2,2H3;1H/q+1;/p-1. The van der Waals surface area contributed by atoms with Crippen LogP contribution in [0.15, 0.2) is 53.5 Å². The zero-order valence-corrected chi connectivity index (χ0v) is 12.3. The third-order valence-corrected chi connectivity index (χ3v) is 3.08. The van der Waals surface area contributed by atoms with E-state index in [1.807, 2.05) is 19.1 Å². The van der Waals surface area contributed by atoms with Crippen LogP contribution in [0.1, 0.15) is 5.89 Å². The highest BCUT2D eigenvalue weighted by atomic mass is 127. The molecule has 0 bridgehead atoms. The van der Waals surface area contributed by atoms with Gasteiger partial charge in [0, 0.05) is 0 Å². The Kier molecular flexibility index (Phi) is 3.71. The van der Waals surface area contributed by atoms with Crippen molar-refractivity contribution in [2.75, 3.05) is 0 Å². The third-order valence-electron chi connectivity index (χ3n) is 3.08. The Labute approximate surface area is 123 Å². The number of allylic oxidation sites excluding steroid dienone is 1. The molecule has 0 spiro atoms. The molecule has 3 heteroatoms. The van der Waals surface area contributed by atoms with Gasteiger partial charge < -0.3 is 28.4 Å². The van der Waals surface area contributed by atoms with Gasteiger partial charge in [-0.05, 0) is 23.6 Å². The molecule has 1 heterocycles. The number of aromatic nitrogens is 1. The molecule has 0 aliphatic heterocycles. The first-order valence-electron chi connectivity index (χ1n) is 5.73. The molecule has 0 N–H and O–H groups in total. The number of rotatable bonds is 2. The molecule has 2 nitrogen and oxygen atoms in total. The van der Waals surface area contributed by atoms with Crippen molar-refractivity contribution in [3.8, 4) is 0 Å². The van der Waals surface area contributed by atoms with Crippen LogP contribution in [0, 0.1) is 6.92 Å². The maximum atomic E-state index is 5.77. The van der Waals surface area contributed by atoms with Crippen molar-refractivity contribution in [1.29, 1.82) is 0 Å². The van der Waals surface area contributed by atoms with Crippen LogP contribution in [-0.2, 0) is 6.54 Å². The fourth-order valence-electron chi connectivity index (χ4n) is 2.32. The average Bonchev–Trinajstić information content (AvgIpc) is 2.67. The molecule has 0 fully saturated rings. The van der Waals surface area contributed by atoms with Gasteiger partial charge in [0.25, 0.3) is 5.52 Å². The maximum absolute atomic E-state index is 5.77. The van der Waals surface area contributed by atoms with E-state index in [0.29, 0.717) is 0 Å². The Balaban J connectivity index is 0.00000120. The first kappa shape index (κ1) is 13.1. The van der Waals surface area contributed by atoms with Crippen molar-refractivity contribution in [2.45, 2.75) is 13.5 Å². The normalized spacial score (nSPS) is 10.5. The molecule has 0 aliphatic carbocycles. The van der Waals surface area contributed by atoms with Gasteiger partial charge in [0.1, 0.15) is 0 Å². The predicted octanol–water partition coefficient (Wildman–Crippen LogP) is 0.372. The smallest absolute Gasteiger partial charge is 0.345 e. The van der Waals surface area contributed by atoms with E-state index in [0.717, 1.165) is 23.5 Å². The quantitative estimate of drug-likeness (QED) is 0.371. The molecule has 3 aromatic rings. The van der Waals surface area contributed by atoms with Crippen LogP contribution >= 0.6 is 0 Å².